The van der Waals surface area contributed by atoms with Crippen molar-refractivity contribution in [3.8, 4) is 11.6 Å². The topological polar surface area (TPSA) is 51.5 Å². The second-order valence-electron chi connectivity index (χ2n) is 5.19. The van der Waals surface area contributed by atoms with E-state index in [1.54, 1.807) is 17.5 Å². The molecule has 0 spiro atoms. The number of pyridine rings is 1. The van der Waals surface area contributed by atoms with Gasteiger partial charge in [-0.3, -0.25) is 9.38 Å². The van der Waals surface area contributed by atoms with Crippen molar-refractivity contribution in [3.05, 3.63) is 41.3 Å². The third-order valence-corrected chi connectivity index (χ3v) is 3.86. The van der Waals surface area contributed by atoms with Crippen LogP contribution in [0.15, 0.2) is 29.9 Å². The summed E-state index contributed by atoms with van der Waals surface area (Å²) in [4.78, 5) is 9.74. The molecule has 1 N–H and O–H groups in total. The van der Waals surface area contributed by atoms with E-state index in [1.165, 1.54) is 0 Å². The summed E-state index contributed by atoms with van der Waals surface area (Å²) >= 11 is 1.60. The fraction of sp³-hybridized carbons (Fsp3) is 0.333. The maximum absolute atomic E-state index is 5.91. The minimum Gasteiger partial charge on any atom is -0.436 e. The van der Waals surface area contributed by atoms with E-state index in [9.17, 15) is 0 Å². The first-order valence-electron chi connectivity index (χ1n) is 6.92. The van der Waals surface area contributed by atoms with Gasteiger partial charge in [-0.2, -0.15) is 4.98 Å². The molecule has 0 aliphatic rings. The Balaban J connectivity index is 1.91. The molecule has 3 heterocycles. The number of aryl methyl sites for hydroxylation is 1. The molecule has 3 aromatic heterocycles. The molecule has 0 aromatic carbocycles. The summed E-state index contributed by atoms with van der Waals surface area (Å²) in [6, 6.07) is 4.25. The van der Waals surface area contributed by atoms with E-state index in [4.69, 9.17) is 4.74 Å². The molecule has 0 unspecified atom stereocenters. The van der Waals surface area contributed by atoms with Crippen molar-refractivity contribution in [2.75, 3.05) is 0 Å². The molecule has 0 radical (unpaired) electrons. The average molecular weight is 302 g/mol. The zero-order chi connectivity index (χ0) is 14.8. The SMILES string of the molecule is Cc1ccc(Oc2nc3sccn3c2CNC(C)C)cn1. The van der Waals surface area contributed by atoms with Crippen molar-refractivity contribution in [1.29, 1.82) is 0 Å². The highest BCUT2D eigenvalue weighted by molar-refractivity contribution is 7.15. The Morgan fingerprint density at radius 2 is 2.24 bits per heavy atom. The summed E-state index contributed by atoms with van der Waals surface area (Å²) < 4.78 is 7.98. The molecule has 3 aromatic rings. The fourth-order valence-corrected chi connectivity index (χ4v) is 2.71. The molecule has 0 saturated heterocycles. The minimum atomic E-state index is 0.406. The standard InChI is InChI=1S/C15H18N4OS/c1-10(2)16-9-13-14(18-15-19(13)6-7-21-15)20-12-5-4-11(3)17-8-12/h4-8,10,16H,9H2,1-3H3. The number of ether oxygens (including phenoxy) is 1. The van der Waals surface area contributed by atoms with Gasteiger partial charge in [-0.15, -0.1) is 11.3 Å². The molecule has 0 fully saturated rings. The quantitative estimate of drug-likeness (QED) is 0.785. The van der Waals surface area contributed by atoms with Gasteiger partial charge < -0.3 is 10.1 Å². The lowest BCUT2D eigenvalue weighted by atomic mass is 10.3. The van der Waals surface area contributed by atoms with Crippen LogP contribution in [-0.4, -0.2) is 20.4 Å². The van der Waals surface area contributed by atoms with E-state index < -0.39 is 0 Å². The second kappa shape index (κ2) is 5.83. The van der Waals surface area contributed by atoms with Gasteiger partial charge in [-0.05, 0) is 19.1 Å². The zero-order valence-electron chi connectivity index (χ0n) is 12.3. The van der Waals surface area contributed by atoms with Crippen LogP contribution in [0.5, 0.6) is 11.6 Å². The van der Waals surface area contributed by atoms with Crippen LogP contribution >= 0.6 is 11.3 Å². The lowest BCUT2D eigenvalue weighted by molar-refractivity contribution is 0.450. The van der Waals surface area contributed by atoms with Crippen LogP contribution in [0.1, 0.15) is 25.2 Å². The van der Waals surface area contributed by atoms with E-state index in [0.29, 0.717) is 24.2 Å². The lowest BCUT2D eigenvalue weighted by Gasteiger charge is -2.09. The van der Waals surface area contributed by atoms with Crippen LogP contribution in [0.2, 0.25) is 0 Å². The highest BCUT2D eigenvalue weighted by Gasteiger charge is 2.15. The molecule has 0 saturated carbocycles. The number of fused-ring (bicyclic) bond motifs is 1. The van der Waals surface area contributed by atoms with Crippen LogP contribution in [0, 0.1) is 6.92 Å². The number of hydrogen-bond donors (Lipinski definition) is 1. The van der Waals surface area contributed by atoms with Crippen molar-refractivity contribution in [2.45, 2.75) is 33.4 Å². The predicted octanol–water partition coefficient (Wildman–Crippen LogP) is 3.39. The Morgan fingerprint density at radius 1 is 1.38 bits per heavy atom. The van der Waals surface area contributed by atoms with Gasteiger partial charge >= 0.3 is 0 Å². The maximum Gasteiger partial charge on any atom is 0.243 e. The van der Waals surface area contributed by atoms with Crippen molar-refractivity contribution in [1.82, 2.24) is 19.7 Å². The Hall–Kier alpha value is -1.92. The van der Waals surface area contributed by atoms with Crippen molar-refractivity contribution < 1.29 is 4.74 Å². The summed E-state index contributed by atoms with van der Waals surface area (Å²) in [5.41, 5.74) is 2.00. The first-order valence-corrected chi connectivity index (χ1v) is 7.80. The second-order valence-corrected chi connectivity index (χ2v) is 6.07. The number of imidazole rings is 1. The Kier molecular flexibility index (Phi) is 3.90. The number of aromatic nitrogens is 3. The normalized spacial score (nSPS) is 11.4. The molecule has 0 atom stereocenters. The number of hydrogen-bond acceptors (Lipinski definition) is 5. The minimum absolute atomic E-state index is 0.406. The molecule has 6 heteroatoms. The van der Waals surface area contributed by atoms with Gasteiger partial charge in [0.2, 0.25) is 5.88 Å². The van der Waals surface area contributed by atoms with Crippen LogP contribution in [0.3, 0.4) is 0 Å². The summed E-state index contributed by atoms with van der Waals surface area (Å²) in [7, 11) is 0. The molecule has 0 bridgehead atoms. The maximum atomic E-state index is 5.91. The summed E-state index contributed by atoms with van der Waals surface area (Å²) in [5, 5.41) is 5.44. The van der Waals surface area contributed by atoms with Gasteiger partial charge in [-0.1, -0.05) is 13.8 Å². The zero-order valence-corrected chi connectivity index (χ0v) is 13.1. The molecular formula is C15H18N4OS. The number of nitrogens with zero attached hydrogens (tertiary/aromatic N) is 3. The predicted molar refractivity (Wildman–Crippen MR) is 84.1 cm³/mol. The molecule has 0 aliphatic carbocycles. The van der Waals surface area contributed by atoms with E-state index in [-0.39, 0.29) is 0 Å². The molecule has 110 valence electrons. The largest absolute Gasteiger partial charge is 0.436 e. The molecular weight excluding hydrogens is 284 g/mol. The monoisotopic (exact) mass is 302 g/mol. The molecule has 3 rings (SSSR count). The van der Waals surface area contributed by atoms with E-state index in [0.717, 1.165) is 16.3 Å². The third-order valence-electron chi connectivity index (χ3n) is 3.10. The van der Waals surface area contributed by atoms with Crippen molar-refractivity contribution in [2.24, 2.45) is 0 Å². The van der Waals surface area contributed by atoms with Crippen LogP contribution in [-0.2, 0) is 6.54 Å². The van der Waals surface area contributed by atoms with Gasteiger partial charge in [0, 0.05) is 29.9 Å². The van der Waals surface area contributed by atoms with Gasteiger partial charge in [0.1, 0.15) is 11.4 Å². The highest BCUT2D eigenvalue weighted by atomic mass is 32.1. The first kappa shape index (κ1) is 14.0. The smallest absolute Gasteiger partial charge is 0.243 e. The van der Waals surface area contributed by atoms with Gasteiger partial charge in [0.15, 0.2) is 4.96 Å². The first-order chi connectivity index (χ1) is 10.1. The summed E-state index contributed by atoms with van der Waals surface area (Å²) in [6.45, 7) is 6.91. The summed E-state index contributed by atoms with van der Waals surface area (Å²) in [5.74, 6) is 1.35. The van der Waals surface area contributed by atoms with Crippen LogP contribution in [0.25, 0.3) is 4.96 Å². The Morgan fingerprint density at radius 3 is 2.95 bits per heavy atom. The number of thiazole rings is 1. The molecule has 5 nitrogen and oxygen atoms in total. The van der Waals surface area contributed by atoms with E-state index in [2.05, 4.69) is 33.5 Å². The summed E-state index contributed by atoms with van der Waals surface area (Å²) in [6.07, 6.45) is 3.74. The average Bonchev–Trinajstić information content (AvgIpc) is 3.00. The molecule has 21 heavy (non-hydrogen) atoms. The van der Waals surface area contributed by atoms with Crippen molar-refractivity contribution >= 4 is 16.3 Å². The number of rotatable bonds is 5. The Bertz CT molecular complexity index is 730. The van der Waals surface area contributed by atoms with Gasteiger partial charge in [0.25, 0.3) is 0 Å². The molecule has 0 aliphatic heterocycles. The van der Waals surface area contributed by atoms with Crippen LogP contribution < -0.4 is 10.1 Å². The van der Waals surface area contributed by atoms with E-state index >= 15 is 0 Å². The lowest BCUT2D eigenvalue weighted by Crippen LogP contribution is -2.22. The van der Waals surface area contributed by atoms with E-state index in [1.807, 2.05) is 30.6 Å². The highest BCUT2D eigenvalue weighted by Crippen LogP contribution is 2.27. The fourth-order valence-electron chi connectivity index (χ4n) is 1.98. The third kappa shape index (κ3) is 3.06. The van der Waals surface area contributed by atoms with Crippen molar-refractivity contribution in [3.63, 3.8) is 0 Å². The van der Waals surface area contributed by atoms with Crippen LogP contribution in [0.4, 0.5) is 0 Å². The molecule has 0 amide bonds. The number of nitrogens with one attached hydrogen (secondary N) is 1. The van der Waals surface area contributed by atoms with Gasteiger partial charge in [-0.25, -0.2) is 0 Å². The Labute approximate surface area is 127 Å². The van der Waals surface area contributed by atoms with Gasteiger partial charge in [0.05, 0.1) is 6.20 Å².